The smallest absolute Gasteiger partial charge is 0.251 e. The third-order valence-corrected chi connectivity index (χ3v) is 7.14. The van der Waals surface area contributed by atoms with Gasteiger partial charge in [0, 0.05) is 68.5 Å². The number of nitrogens with zero attached hydrogens (tertiary/aromatic N) is 6. The van der Waals surface area contributed by atoms with Crippen molar-refractivity contribution in [2.24, 2.45) is 0 Å². The number of hydrogen-bond donors (Lipinski definition) is 2. The van der Waals surface area contributed by atoms with E-state index in [1.165, 1.54) is 0 Å². The lowest BCUT2D eigenvalue weighted by Crippen LogP contribution is -2.45. The van der Waals surface area contributed by atoms with Gasteiger partial charge in [-0.3, -0.25) is 4.79 Å². The number of nitrogens with one attached hydrogen (secondary N) is 2. The average Bonchev–Trinajstić information content (AvgIpc) is 3.32. The van der Waals surface area contributed by atoms with Crippen LogP contribution in [-0.4, -0.2) is 66.0 Å². The van der Waals surface area contributed by atoms with Crippen molar-refractivity contribution in [2.75, 3.05) is 55.4 Å². The zero-order chi connectivity index (χ0) is 25.2. The predicted molar refractivity (Wildman–Crippen MR) is 143 cm³/mol. The first-order valence-corrected chi connectivity index (χ1v) is 12.6. The van der Waals surface area contributed by atoms with Crippen LogP contribution < -0.4 is 20.4 Å². The Labute approximate surface area is 220 Å². The second-order valence-corrected chi connectivity index (χ2v) is 9.90. The summed E-state index contributed by atoms with van der Waals surface area (Å²) in [7, 11) is 3.94. The molecule has 2 aliphatic rings. The number of halogens is 2. The molecule has 3 heterocycles. The van der Waals surface area contributed by atoms with Gasteiger partial charge in [-0.15, -0.1) is 0 Å². The number of anilines is 3. The number of carbonyl (C=O) groups excluding carboxylic acids is 1. The first-order valence-electron chi connectivity index (χ1n) is 11.9. The third-order valence-electron chi connectivity index (χ3n) is 6.55. The van der Waals surface area contributed by atoms with Gasteiger partial charge in [-0.05, 0) is 48.0 Å². The van der Waals surface area contributed by atoms with Crippen molar-refractivity contribution in [1.82, 2.24) is 25.2 Å². The van der Waals surface area contributed by atoms with Crippen molar-refractivity contribution >= 4 is 47.0 Å². The molecule has 5 rings (SSSR count). The van der Waals surface area contributed by atoms with E-state index in [1.54, 1.807) is 12.1 Å². The number of fused-ring (bicyclic) bond motifs is 1. The summed E-state index contributed by atoms with van der Waals surface area (Å²) in [6, 6.07) is 11.0. The van der Waals surface area contributed by atoms with E-state index in [4.69, 9.17) is 28.2 Å². The minimum absolute atomic E-state index is 0.155. The van der Waals surface area contributed by atoms with Crippen LogP contribution in [0, 0.1) is 0 Å². The first-order chi connectivity index (χ1) is 17.4. The number of hydrogen-bond acceptors (Lipinski definition) is 8. The lowest BCUT2D eigenvalue weighted by Gasteiger charge is -2.32. The van der Waals surface area contributed by atoms with Crippen molar-refractivity contribution in [3.05, 3.63) is 68.7 Å². The lowest BCUT2D eigenvalue weighted by molar-refractivity contribution is 0.0951. The molecule has 0 radical (unpaired) electrons. The number of piperazine rings is 1. The van der Waals surface area contributed by atoms with Crippen LogP contribution in [0.4, 0.5) is 17.8 Å². The van der Waals surface area contributed by atoms with E-state index in [9.17, 15) is 4.79 Å². The lowest BCUT2D eigenvalue weighted by atomic mass is 10.1. The van der Waals surface area contributed by atoms with E-state index in [0.717, 1.165) is 42.9 Å². The number of likely N-dealkylation sites (N-methyl/N-ethyl adjacent to an activating group) is 1. The summed E-state index contributed by atoms with van der Waals surface area (Å²) in [5, 5.41) is 7.10. The molecule has 0 atom stereocenters. The SMILES string of the molecule is CNc1nc(N2CCN(C)CC2)nc(N2Cc3ccc(C(=O)NCc4ccc(Cl)cc4Cl)cc3C2)n1. The molecule has 2 N–H and O–H groups in total. The second-order valence-electron chi connectivity index (χ2n) is 9.06. The largest absolute Gasteiger partial charge is 0.357 e. The molecule has 2 aliphatic heterocycles. The van der Waals surface area contributed by atoms with Gasteiger partial charge in [0.2, 0.25) is 17.8 Å². The van der Waals surface area contributed by atoms with Gasteiger partial charge in [-0.25, -0.2) is 0 Å². The highest BCUT2D eigenvalue weighted by Gasteiger charge is 2.25. The average molecular weight is 527 g/mol. The molecule has 0 spiro atoms. The molecule has 1 aromatic heterocycles. The monoisotopic (exact) mass is 526 g/mol. The van der Waals surface area contributed by atoms with Crippen LogP contribution in [-0.2, 0) is 19.6 Å². The molecule has 2 aromatic carbocycles. The van der Waals surface area contributed by atoms with Gasteiger partial charge in [0.1, 0.15) is 0 Å². The Balaban J connectivity index is 1.29. The van der Waals surface area contributed by atoms with Crippen LogP contribution in [0.1, 0.15) is 27.0 Å². The number of amides is 1. The van der Waals surface area contributed by atoms with Crippen molar-refractivity contribution in [3.63, 3.8) is 0 Å². The van der Waals surface area contributed by atoms with Gasteiger partial charge >= 0.3 is 0 Å². The van der Waals surface area contributed by atoms with Gasteiger partial charge in [-0.2, -0.15) is 15.0 Å². The Hall–Kier alpha value is -3.14. The number of rotatable bonds is 6. The molecule has 188 valence electrons. The van der Waals surface area contributed by atoms with Crippen LogP contribution in [0.3, 0.4) is 0 Å². The Kier molecular flexibility index (Phi) is 7.13. The molecule has 1 fully saturated rings. The topological polar surface area (TPSA) is 89.5 Å². The van der Waals surface area contributed by atoms with Gasteiger partial charge in [0.25, 0.3) is 5.91 Å². The quantitative estimate of drug-likeness (QED) is 0.504. The third kappa shape index (κ3) is 5.33. The number of carbonyl (C=O) groups is 1. The minimum atomic E-state index is -0.155. The van der Waals surface area contributed by atoms with Crippen molar-refractivity contribution in [2.45, 2.75) is 19.6 Å². The zero-order valence-corrected chi connectivity index (χ0v) is 21.8. The molecule has 0 aliphatic carbocycles. The summed E-state index contributed by atoms with van der Waals surface area (Å²) in [5.41, 5.74) is 3.65. The summed E-state index contributed by atoms with van der Waals surface area (Å²) in [5.74, 6) is 1.71. The molecule has 3 aromatic rings. The maximum Gasteiger partial charge on any atom is 0.251 e. The van der Waals surface area contributed by atoms with Crippen LogP contribution in [0.15, 0.2) is 36.4 Å². The van der Waals surface area contributed by atoms with Crippen LogP contribution in [0.5, 0.6) is 0 Å². The number of benzene rings is 2. The van der Waals surface area contributed by atoms with Gasteiger partial charge in [-0.1, -0.05) is 35.3 Å². The normalized spacial score (nSPS) is 15.7. The summed E-state index contributed by atoms with van der Waals surface area (Å²) in [4.78, 5) is 33.4. The summed E-state index contributed by atoms with van der Waals surface area (Å²) >= 11 is 12.2. The van der Waals surface area contributed by atoms with Crippen molar-refractivity contribution in [1.29, 1.82) is 0 Å². The standard InChI is InChI=1S/C25H28Cl2N8O/c1-28-23-30-24(34-9-7-33(2)8-10-34)32-25(31-23)35-14-18-4-3-16(11-19(18)15-35)22(36)29-13-17-5-6-20(26)12-21(17)27/h3-6,11-12H,7-10,13-15H2,1-2H3,(H,29,36)(H,28,30,31,32). The Morgan fingerprint density at radius 2 is 1.64 bits per heavy atom. The van der Waals surface area contributed by atoms with E-state index in [-0.39, 0.29) is 5.91 Å². The van der Waals surface area contributed by atoms with Crippen LogP contribution >= 0.6 is 23.2 Å². The predicted octanol–water partition coefficient (Wildman–Crippen LogP) is 3.42. The Bertz CT molecular complexity index is 1280. The molecule has 0 unspecified atom stereocenters. The summed E-state index contributed by atoms with van der Waals surface area (Å²) < 4.78 is 0. The zero-order valence-electron chi connectivity index (χ0n) is 20.3. The van der Waals surface area contributed by atoms with Crippen LogP contribution in [0.25, 0.3) is 0 Å². The molecule has 11 heteroatoms. The highest BCUT2D eigenvalue weighted by atomic mass is 35.5. The van der Waals surface area contributed by atoms with E-state index in [1.807, 2.05) is 31.3 Å². The first kappa shape index (κ1) is 24.5. The van der Waals surface area contributed by atoms with E-state index < -0.39 is 0 Å². The fraction of sp³-hybridized carbons (Fsp3) is 0.360. The maximum atomic E-state index is 12.8. The summed E-state index contributed by atoms with van der Waals surface area (Å²) in [6.45, 7) is 5.32. The van der Waals surface area contributed by atoms with Gasteiger partial charge < -0.3 is 25.3 Å². The number of aromatic nitrogens is 3. The fourth-order valence-electron chi connectivity index (χ4n) is 4.37. The maximum absolute atomic E-state index is 12.8. The molecule has 1 saturated heterocycles. The molecule has 9 nitrogen and oxygen atoms in total. The van der Waals surface area contributed by atoms with Crippen LogP contribution in [0.2, 0.25) is 10.0 Å². The second kappa shape index (κ2) is 10.5. The van der Waals surface area contributed by atoms with Crippen molar-refractivity contribution in [3.8, 4) is 0 Å². The minimum Gasteiger partial charge on any atom is -0.357 e. The molecular formula is C25H28Cl2N8O. The Morgan fingerprint density at radius 3 is 2.36 bits per heavy atom. The van der Waals surface area contributed by atoms with Gasteiger partial charge in [0.05, 0.1) is 0 Å². The van der Waals surface area contributed by atoms with E-state index >= 15 is 0 Å². The Morgan fingerprint density at radius 1 is 0.917 bits per heavy atom. The highest BCUT2D eigenvalue weighted by molar-refractivity contribution is 6.35. The van der Waals surface area contributed by atoms with E-state index in [2.05, 4.69) is 42.3 Å². The van der Waals surface area contributed by atoms with Gasteiger partial charge in [0.15, 0.2) is 0 Å². The summed E-state index contributed by atoms with van der Waals surface area (Å²) in [6.07, 6.45) is 0. The van der Waals surface area contributed by atoms with Crippen molar-refractivity contribution < 1.29 is 4.79 Å². The fourth-order valence-corrected chi connectivity index (χ4v) is 4.85. The molecular weight excluding hydrogens is 499 g/mol. The van der Waals surface area contributed by atoms with E-state index in [0.29, 0.717) is 53.1 Å². The highest BCUT2D eigenvalue weighted by Crippen LogP contribution is 2.29. The molecule has 0 bridgehead atoms. The molecule has 1 amide bonds. The molecule has 0 saturated carbocycles. The molecule has 36 heavy (non-hydrogen) atoms.